The molecule has 5 heteroatoms. The van der Waals surface area contributed by atoms with Gasteiger partial charge in [0.05, 0.1) is 6.07 Å². The van der Waals surface area contributed by atoms with Crippen LogP contribution in [0, 0.1) is 17.2 Å². The summed E-state index contributed by atoms with van der Waals surface area (Å²) in [6.07, 6.45) is 0. The van der Waals surface area contributed by atoms with Crippen LogP contribution in [0.15, 0.2) is 24.3 Å². The predicted molar refractivity (Wildman–Crippen MR) is 64.2 cm³/mol. The number of carbonyl (C=O) groups excluding carboxylic acids is 2. The Morgan fingerprint density at radius 2 is 1.88 bits per heavy atom. The van der Waals surface area contributed by atoms with E-state index in [4.69, 9.17) is 5.26 Å². The van der Waals surface area contributed by atoms with Gasteiger partial charge in [0.15, 0.2) is 0 Å². The van der Waals surface area contributed by atoms with Gasteiger partial charge in [-0.15, -0.1) is 0 Å². The minimum atomic E-state index is -0.709. The highest BCUT2D eigenvalue weighted by Gasteiger charge is 2.11. The molecule has 0 aliphatic heterocycles. The van der Waals surface area contributed by atoms with Crippen molar-refractivity contribution in [3.05, 3.63) is 24.3 Å². The first-order chi connectivity index (χ1) is 8.02. The van der Waals surface area contributed by atoms with Gasteiger partial charge in [0.25, 0.3) is 0 Å². The summed E-state index contributed by atoms with van der Waals surface area (Å²) in [5, 5.41) is 13.8. The van der Waals surface area contributed by atoms with Gasteiger partial charge in [-0.3, -0.25) is 9.59 Å². The van der Waals surface area contributed by atoms with E-state index in [1.165, 1.54) is 13.8 Å². The number of amides is 2. The second-order valence-corrected chi connectivity index (χ2v) is 3.60. The van der Waals surface area contributed by atoms with Crippen LogP contribution < -0.4 is 10.6 Å². The van der Waals surface area contributed by atoms with Crippen LogP contribution in [-0.2, 0) is 9.59 Å². The number of carbonyl (C=O) groups is 2. The lowest BCUT2D eigenvalue weighted by Crippen LogP contribution is -2.19. The van der Waals surface area contributed by atoms with Gasteiger partial charge in [0.1, 0.15) is 5.92 Å². The van der Waals surface area contributed by atoms with Crippen molar-refractivity contribution in [2.45, 2.75) is 13.8 Å². The number of rotatable bonds is 3. The normalized spacial score (nSPS) is 11.1. The smallest absolute Gasteiger partial charge is 0.241 e. The van der Waals surface area contributed by atoms with Crippen LogP contribution in [0.1, 0.15) is 13.8 Å². The van der Waals surface area contributed by atoms with Crippen molar-refractivity contribution in [2.75, 3.05) is 10.6 Å². The van der Waals surface area contributed by atoms with Crippen LogP contribution in [0.4, 0.5) is 11.4 Å². The zero-order valence-electron chi connectivity index (χ0n) is 9.65. The van der Waals surface area contributed by atoms with Crippen molar-refractivity contribution in [2.24, 2.45) is 5.92 Å². The molecule has 1 rings (SSSR count). The lowest BCUT2D eigenvalue weighted by atomic mass is 10.2. The number of nitrogens with zero attached hydrogens (tertiary/aromatic N) is 1. The fraction of sp³-hybridized carbons (Fsp3) is 0.250. The van der Waals surface area contributed by atoms with E-state index in [0.29, 0.717) is 11.4 Å². The average molecular weight is 231 g/mol. The Balaban J connectivity index is 2.76. The van der Waals surface area contributed by atoms with Crippen LogP contribution in [-0.4, -0.2) is 11.8 Å². The Morgan fingerprint density at radius 1 is 1.29 bits per heavy atom. The molecule has 0 radical (unpaired) electrons. The van der Waals surface area contributed by atoms with Crippen molar-refractivity contribution in [3.63, 3.8) is 0 Å². The molecule has 0 heterocycles. The molecule has 1 unspecified atom stereocenters. The van der Waals surface area contributed by atoms with Crippen molar-refractivity contribution in [3.8, 4) is 6.07 Å². The molecule has 0 aliphatic rings. The third kappa shape index (κ3) is 3.95. The molecular weight excluding hydrogens is 218 g/mol. The van der Waals surface area contributed by atoms with E-state index in [9.17, 15) is 9.59 Å². The standard InChI is InChI=1S/C12H13N3O2/c1-8(7-13)12(17)15-11-5-3-4-10(6-11)14-9(2)16/h3-6,8H,1-2H3,(H,14,16)(H,15,17). The number of hydrogen-bond donors (Lipinski definition) is 2. The summed E-state index contributed by atoms with van der Waals surface area (Å²) in [5.74, 6) is -1.26. The molecular formula is C12H13N3O2. The molecule has 0 bridgehead atoms. The molecule has 0 spiro atoms. The van der Waals surface area contributed by atoms with Crippen molar-refractivity contribution in [1.29, 1.82) is 5.26 Å². The highest BCUT2D eigenvalue weighted by molar-refractivity contribution is 5.95. The first-order valence-corrected chi connectivity index (χ1v) is 5.11. The van der Waals surface area contributed by atoms with Gasteiger partial charge in [0.2, 0.25) is 11.8 Å². The average Bonchev–Trinajstić information content (AvgIpc) is 2.27. The Hall–Kier alpha value is -2.35. The number of hydrogen-bond acceptors (Lipinski definition) is 3. The van der Waals surface area contributed by atoms with E-state index in [1.807, 2.05) is 6.07 Å². The summed E-state index contributed by atoms with van der Waals surface area (Å²) >= 11 is 0. The minimum absolute atomic E-state index is 0.182. The van der Waals surface area contributed by atoms with Gasteiger partial charge in [-0.2, -0.15) is 5.26 Å². The zero-order valence-corrected chi connectivity index (χ0v) is 9.65. The summed E-state index contributed by atoms with van der Waals surface area (Å²) in [5.41, 5.74) is 1.14. The van der Waals surface area contributed by atoms with Crippen LogP contribution >= 0.6 is 0 Å². The maximum atomic E-state index is 11.5. The third-order valence-electron chi connectivity index (χ3n) is 2.04. The summed E-state index contributed by atoms with van der Waals surface area (Å²) in [6, 6.07) is 8.59. The molecule has 1 aromatic rings. The molecule has 88 valence electrons. The first kappa shape index (κ1) is 12.7. The van der Waals surface area contributed by atoms with Gasteiger partial charge in [-0.05, 0) is 25.1 Å². The molecule has 0 aliphatic carbocycles. The Morgan fingerprint density at radius 3 is 2.41 bits per heavy atom. The van der Waals surface area contributed by atoms with Crippen molar-refractivity contribution >= 4 is 23.2 Å². The quantitative estimate of drug-likeness (QED) is 0.831. The summed E-state index contributed by atoms with van der Waals surface area (Å²) in [4.78, 5) is 22.3. The summed E-state index contributed by atoms with van der Waals surface area (Å²) < 4.78 is 0. The van der Waals surface area contributed by atoms with Crippen LogP contribution in [0.5, 0.6) is 0 Å². The highest BCUT2D eigenvalue weighted by Crippen LogP contribution is 2.15. The number of benzene rings is 1. The molecule has 0 saturated heterocycles. The molecule has 0 fully saturated rings. The highest BCUT2D eigenvalue weighted by atomic mass is 16.2. The van der Waals surface area contributed by atoms with Gasteiger partial charge in [-0.1, -0.05) is 6.07 Å². The van der Waals surface area contributed by atoms with Crippen molar-refractivity contribution < 1.29 is 9.59 Å². The van der Waals surface area contributed by atoms with E-state index >= 15 is 0 Å². The Labute approximate surface area is 99.4 Å². The van der Waals surface area contributed by atoms with Crippen LogP contribution in [0.3, 0.4) is 0 Å². The SMILES string of the molecule is CC(=O)Nc1cccc(NC(=O)C(C)C#N)c1. The van der Waals surface area contributed by atoms with Gasteiger partial charge in [0, 0.05) is 18.3 Å². The predicted octanol–water partition coefficient (Wildman–Crippen LogP) is 1.74. The van der Waals surface area contributed by atoms with E-state index in [0.717, 1.165) is 0 Å². The first-order valence-electron chi connectivity index (χ1n) is 5.11. The monoisotopic (exact) mass is 231 g/mol. The van der Waals surface area contributed by atoms with Gasteiger partial charge >= 0.3 is 0 Å². The Kier molecular flexibility index (Phi) is 4.23. The lowest BCUT2D eigenvalue weighted by molar-refractivity contribution is -0.118. The minimum Gasteiger partial charge on any atom is -0.326 e. The molecule has 1 atom stereocenters. The zero-order chi connectivity index (χ0) is 12.8. The molecule has 17 heavy (non-hydrogen) atoms. The van der Waals surface area contributed by atoms with E-state index < -0.39 is 5.92 Å². The largest absolute Gasteiger partial charge is 0.326 e. The van der Waals surface area contributed by atoms with E-state index in [1.54, 1.807) is 24.3 Å². The maximum absolute atomic E-state index is 11.5. The third-order valence-corrected chi connectivity index (χ3v) is 2.04. The maximum Gasteiger partial charge on any atom is 0.241 e. The molecule has 0 aromatic heterocycles. The Bertz CT molecular complexity index is 477. The fourth-order valence-electron chi connectivity index (χ4n) is 1.19. The molecule has 1 aromatic carbocycles. The van der Waals surface area contributed by atoms with Crippen LogP contribution in [0.25, 0.3) is 0 Å². The number of nitriles is 1. The summed E-state index contributed by atoms with van der Waals surface area (Å²) in [7, 11) is 0. The second kappa shape index (κ2) is 5.66. The van der Waals surface area contributed by atoms with E-state index in [-0.39, 0.29) is 11.8 Å². The molecule has 2 amide bonds. The summed E-state index contributed by atoms with van der Waals surface area (Å²) in [6.45, 7) is 2.93. The molecule has 5 nitrogen and oxygen atoms in total. The number of nitrogens with one attached hydrogen (secondary N) is 2. The van der Waals surface area contributed by atoms with E-state index in [2.05, 4.69) is 10.6 Å². The number of anilines is 2. The molecule has 2 N–H and O–H groups in total. The topological polar surface area (TPSA) is 82.0 Å². The molecule has 0 saturated carbocycles. The van der Waals surface area contributed by atoms with Crippen molar-refractivity contribution in [1.82, 2.24) is 0 Å². The van der Waals surface area contributed by atoms with Gasteiger partial charge in [-0.25, -0.2) is 0 Å². The second-order valence-electron chi connectivity index (χ2n) is 3.60. The van der Waals surface area contributed by atoms with Crippen LogP contribution in [0.2, 0.25) is 0 Å². The lowest BCUT2D eigenvalue weighted by Gasteiger charge is -2.08. The van der Waals surface area contributed by atoms with Gasteiger partial charge < -0.3 is 10.6 Å². The fourth-order valence-corrected chi connectivity index (χ4v) is 1.19.